The third kappa shape index (κ3) is 8.91. The topological polar surface area (TPSA) is 124 Å². The van der Waals surface area contributed by atoms with Crippen molar-refractivity contribution in [1.29, 1.82) is 0 Å². The highest BCUT2D eigenvalue weighted by molar-refractivity contribution is 7.97. The van der Waals surface area contributed by atoms with E-state index in [0.29, 0.717) is 29.8 Å². The number of ether oxygens (including phenoxy) is 2. The number of anilines is 1. The van der Waals surface area contributed by atoms with E-state index in [1.165, 1.54) is 16.8 Å². The van der Waals surface area contributed by atoms with Gasteiger partial charge in [-0.25, -0.2) is 19.4 Å². The van der Waals surface area contributed by atoms with E-state index in [0.717, 1.165) is 24.8 Å². The Kier molecular flexibility index (Phi) is 10.6. The summed E-state index contributed by atoms with van der Waals surface area (Å²) in [5.74, 6) is 0.917. The number of rotatable bonds is 12. The highest BCUT2D eigenvalue weighted by Crippen LogP contribution is 2.59. The van der Waals surface area contributed by atoms with Crippen LogP contribution in [-0.4, -0.2) is 73.7 Å². The summed E-state index contributed by atoms with van der Waals surface area (Å²) in [6.45, 7) is 10.9. The number of nitrogens with one attached hydrogen (secondary N) is 2. The number of carbonyl (C=O) groups is 2. The fourth-order valence-electron chi connectivity index (χ4n) is 5.80. The Hall–Kier alpha value is -3.72. The maximum atomic E-state index is 13.1. The molecule has 49 heavy (non-hydrogen) atoms. The predicted octanol–water partition coefficient (Wildman–Crippen LogP) is 7.70. The van der Waals surface area contributed by atoms with Gasteiger partial charge in [0.15, 0.2) is 5.82 Å². The van der Waals surface area contributed by atoms with Gasteiger partial charge in [0, 0.05) is 42.8 Å². The SMILES string of the molecule is CC(C)(C)OC(=O)N1CCC(CCNc2cccc(SNC(=O)c3ccc(-n4ccc(OCCC5(C(F)(F)F)CC5)n4)nc3Cl)n2)C1(C)C. The number of carbonyl (C=O) groups excluding carboxylic acids is 2. The molecule has 1 aliphatic heterocycles. The van der Waals surface area contributed by atoms with Crippen molar-refractivity contribution in [2.24, 2.45) is 11.3 Å². The summed E-state index contributed by atoms with van der Waals surface area (Å²) < 4.78 is 54.6. The molecule has 1 saturated heterocycles. The first kappa shape index (κ1) is 36.6. The van der Waals surface area contributed by atoms with Crippen LogP contribution in [0.4, 0.5) is 23.8 Å². The number of halogens is 4. The molecule has 3 aromatic rings. The minimum Gasteiger partial charge on any atom is -0.477 e. The molecule has 266 valence electrons. The molecule has 2 aliphatic rings. The molecule has 0 aromatic carbocycles. The quantitative estimate of drug-likeness (QED) is 0.143. The maximum Gasteiger partial charge on any atom is 0.410 e. The standard InChI is InChI=1S/C33H41ClF3N7O4S/c1-30(2,3)48-29(46)43-18-12-21(31(43,4)5)11-17-38-23-7-6-8-26(39-23)49-42-28(45)22-9-10-24(40-27(22)34)44-19-13-25(41-44)47-20-16-32(14-15-32)33(35,36)37/h6-10,13,19,21H,11-12,14-18,20H2,1-5H3,(H,38,39)(H,42,45). The number of pyridine rings is 2. The zero-order chi connectivity index (χ0) is 35.6. The van der Waals surface area contributed by atoms with E-state index >= 15 is 0 Å². The number of hydrogen-bond donors (Lipinski definition) is 2. The van der Waals surface area contributed by atoms with Crippen LogP contribution in [0.5, 0.6) is 5.88 Å². The van der Waals surface area contributed by atoms with Gasteiger partial charge in [0.05, 0.1) is 17.6 Å². The Morgan fingerprint density at radius 3 is 2.53 bits per heavy atom. The van der Waals surface area contributed by atoms with Crippen LogP contribution in [0.2, 0.25) is 5.15 Å². The fraction of sp³-hybridized carbons (Fsp3) is 0.545. The van der Waals surface area contributed by atoms with Gasteiger partial charge in [0.2, 0.25) is 5.88 Å². The van der Waals surface area contributed by atoms with Gasteiger partial charge in [0.25, 0.3) is 5.91 Å². The summed E-state index contributed by atoms with van der Waals surface area (Å²) in [7, 11) is 0. The lowest BCUT2D eigenvalue weighted by molar-refractivity contribution is -0.190. The highest BCUT2D eigenvalue weighted by atomic mass is 35.5. The predicted molar refractivity (Wildman–Crippen MR) is 180 cm³/mol. The summed E-state index contributed by atoms with van der Waals surface area (Å²) >= 11 is 7.37. The van der Waals surface area contributed by atoms with Gasteiger partial charge in [-0.05, 0) is 96.9 Å². The van der Waals surface area contributed by atoms with Crippen molar-refractivity contribution in [2.75, 3.05) is 25.0 Å². The molecule has 1 unspecified atom stereocenters. The average molecular weight is 724 g/mol. The fourth-order valence-corrected chi connectivity index (χ4v) is 6.63. The second-order valence-corrected chi connectivity index (χ2v) is 15.0. The van der Waals surface area contributed by atoms with E-state index < -0.39 is 23.1 Å². The molecule has 1 saturated carbocycles. The minimum atomic E-state index is -4.23. The number of alkyl halides is 3. The second kappa shape index (κ2) is 14.3. The lowest BCUT2D eigenvalue weighted by Crippen LogP contribution is -2.48. The minimum absolute atomic E-state index is 0.0575. The molecule has 3 aromatic heterocycles. The van der Waals surface area contributed by atoms with Crippen LogP contribution < -0.4 is 14.8 Å². The van der Waals surface area contributed by atoms with Crippen LogP contribution in [0.1, 0.15) is 77.1 Å². The highest BCUT2D eigenvalue weighted by Gasteiger charge is 2.62. The van der Waals surface area contributed by atoms with Gasteiger partial charge >= 0.3 is 12.3 Å². The van der Waals surface area contributed by atoms with Crippen LogP contribution >= 0.6 is 23.5 Å². The smallest absolute Gasteiger partial charge is 0.410 e. The van der Waals surface area contributed by atoms with Gasteiger partial charge in [-0.2, -0.15) is 13.2 Å². The Balaban J connectivity index is 1.08. The number of hydrogen-bond acceptors (Lipinski definition) is 9. The van der Waals surface area contributed by atoms with Crippen molar-refractivity contribution in [3.05, 3.63) is 53.3 Å². The van der Waals surface area contributed by atoms with Gasteiger partial charge < -0.3 is 19.7 Å². The van der Waals surface area contributed by atoms with E-state index in [1.54, 1.807) is 18.3 Å². The molecule has 2 fully saturated rings. The normalized spacial score (nSPS) is 18.2. The summed E-state index contributed by atoms with van der Waals surface area (Å²) in [4.78, 5) is 36.3. The molecule has 1 aliphatic carbocycles. The monoisotopic (exact) mass is 723 g/mol. The van der Waals surface area contributed by atoms with E-state index in [-0.39, 0.29) is 60.0 Å². The maximum absolute atomic E-state index is 13.1. The van der Waals surface area contributed by atoms with E-state index in [1.807, 2.05) is 37.8 Å². The lowest BCUT2D eigenvalue weighted by atomic mass is 9.86. The third-order valence-corrected chi connectivity index (χ3v) is 9.96. The molecular formula is C33H41ClF3N7O4S. The number of nitrogens with zero attached hydrogens (tertiary/aromatic N) is 5. The number of likely N-dealkylation sites (tertiary alicyclic amines) is 1. The molecule has 16 heteroatoms. The summed E-state index contributed by atoms with van der Waals surface area (Å²) in [6, 6.07) is 10.0. The van der Waals surface area contributed by atoms with Gasteiger partial charge in [-0.3, -0.25) is 9.52 Å². The van der Waals surface area contributed by atoms with Gasteiger partial charge in [-0.15, -0.1) is 5.10 Å². The summed E-state index contributed by atoms with van der Waals surface area (Å²) in [5.41, 5.74) is -2.40. The van der Waals surface area contributed by atoms with Crippen LogP contribution in [0.15, 0.2) is 47.6 Å². The van der Waals surface area contributed by atoms with Crippen molar-refractivity contribution < 1.29 is 32.2 Å². The Bertz CT molecular complexity index is 1660. The molecule has 11 nitrogen and oxygen atoms in total. The second-order valence-electron chi connectivity index (χ2n) is 13.9. The number of aromatic nitrogens is 4. The van der Waals surface area contributed by atoms with Crippen LogP contribution in [0.25, 0.3) is 5.82 Å². The van der Waals surface area contributed by atoms with Crippen molar-refractivity contribution in [1.82, 2.24) is 29.4 Å². The average Bonchev–Trinajstić information content (AvgIpc) is 3.57. The number of amides is 2. The van der Waals surface area contributed by atoms with Crippen molar-refractivity contribution in [2.45, 2.75) is 89.1 Å². The third-order valence-electron chi connectivity index (χ3n) is 8.94. The molecular weight excluding hydrogens is 683 g/mol. The van der Waals surface area contributed by atoms with E-state index in [9.17, 15) is 22.8 Å². The molecule has 0 radical (unpaired) electrons. The molecule has 1 atom stereocenters. The van der Waals surface area contributed by atoms with E-state index in [2.05, 4.69) is 39.0 Å². The molecule has 4 heterocycles. The van der Waals surface area contributed by atoms with Gasteiger partial charge in [-0.1, -0.05) is 17.7 Å². The zero-order valence-corrected chi connectivity index (χ0v) is 29.6. The summed E-state index contributed by atoms with van der Waals surface area (Å²) in [5, 5.41) is 8.05. The molecule has 0 bridgehead atoms. The summed E-state index contributed by atoms with van der Waals surface area (Å²) in [6.07, 6.45) is -1.15. The first-order chi connectivity index (χ1) is 23.0. The Labute approximate surface area is 292 Å². The largest absolute Gasteiger partial charge is 0.477 e. The van der Waals surface area contributed by atoms with Crippen molar-refractivity contribution >= 4 is 41.4 Å². The van der Waals surface area contributed by atoms with Crippen molar-refractivity contribution in [3.8, 4) is 11.7 Å². The van der Waals surface area contributed by atoms with Crippen molar-refractivity contribution in [3.63, 3.8) is 0 Å². The first-order valence-corrected chi connectivity index (χ1v) is 17.3. The molecule has 5 rings (SSSR count). The van der Waals surface area contributed by atoms with Crippen LogP contribution in [-0.2, 0) is 4.74 Å². The Morgan fingerprint density at radius 2 is 1.86 bits per heavy atom. The molecule has 2 N–H and O–H groups in total. The molecule has 2 amide bonds. The lowest BCUT2D eigenvalue weighted by Gasteiger charge is -2.37. The Morgan fingerprint density at radius 1 is 1.10 bits per heavy atom. The van der Waals surface area contributed by atoms with E-state index in [4.69, 9.17) is 21.1 Å². The molecule has 0 spiro atoms. The van der Waals surface area contributed by atoms with Crippen LogP contribution in [0.3, 0.4) is 0 Å². The zero-order valence-electron chi connectivity index (χ0n) is 28.1. The first-order valence-electron chi connectivity index (χ1n) is 16.1. The van der Waals surface area contributed by atoms with Crippen LogP contribution in [0, 0.1) is 11.3 Å². The van der Waals surface area contributed by atoms with Gasteiger partial charge in [0.1, 0.15) is 21.6 Å².